The van der Waals surface area contributed by atoms with Crippen molar-refractivity contribution in [2.24, 2.45) is 11.7 Å². The Bertz CT molecular complexity index is 780. The van der Waals surface area contributed by atoms with Crippen molar-refractivity contribution in [1.82, 2.24) is 0 Å². The van der Waals surface area contributed by atoms with Crippen LogP contribution in [0.2, 0.25) is 10.0 Å². The van der Waals surface area contributed by atoms with Crippen LogP contribution in [-0.2, 0) is 16.9 Å². The summed E-state index contributed by atoms with van der Waals surface area (Å²) < 4.78 is 5.69. The Hall–Kier alpha value is -1.79. The molecule has 0 radical (unpaired) electrons. The summed E-state index contributed by atoms with van der Waals surface area (Å²) in [5.74, 6) is -0.540. The molecule has 0 aromatic heterocycles. The van der Waals surface area contributed by atoms with Gasteiger partial charge < -0.3 is 14.9 Å². The van der Waals surface area contributed by atoms with Gasteiger partial charge >= 0.3 is 5.97 Å². The first-order valence-corrected chi connectivity index (χ1v) is 8.83. The highest BCUT2D eigenvalue weighted by Crippen LogP contribution is 2.29. The third-order valence-corrected chi connectivity index (χ3v) is 4.39. The number of aliphatic carboxylic acids is 1. The SMILES string of the molecule is CC(COc1ccc(CC(=O)O)cc1Cl)CC(N)(O)c1cccc(Cl)c1. The third kappa shape index (κ3) is 5.88. The van der Waals surface area contributed by atoms with Crippen LogP contribution >= 0.6 is 23.2 Å². The highest BCUT2D eigenvalue weighted by molar-refractivity contribution is 6.32. The standard InChI is InChI=1S/C19H21Cl2NO4/c1-12(10-19(22,25)14-3-2-4-15(20)9-14)11-26-17-6-5-13(7-16(17)21)8-18(23)24/h2-7,9,12,25H,8,10-11,22H2,1H3,(H,23,24). The van der Waals surface area contributed by atoms with Gasteiger partial charge in [-0.05, 0) is 47.7 Å². The first-order valence-electron chi connectivity index (χ1n) is 8.07. The fourth-order valence-electron chi connectivity index (χ4n) is 2.64. The van der Waals surface area contributed by atoms with E-state index in [9.17, 15) is 9.90 Å². The maximum absolute atomic E-state index is 10.7. The Labute approximate surface area is 162 Å². The molecule has 5 nitrogen and oxygen atoms in total. The maximum Gasteiger partial charge on any atom is 0.307 e. The summed E-state index contributed by atoms with van der Waals surface area (Å²) in [4.78, 5) is 10.7. The molecule has 0 bridgehead atoms. The predicted molar refractivity (Wildman–Crippen MR) is 102 cm³/mol. The van der Waals surface area contributed by atoms with E-state index in [-0.39, 0.29) is 25.4 Å². The Balaban J connectivity index is 1.96. The summed E-state index contributed by atoms with van der Waals surface area (Å²) in [6.45, 7) is 2.19. The molecule has 0 amide bonds. The second kappa shape index (κ2) is 8.73. The van der Waals surface area contributed by atoms with Crippen LogP contribution in [0.1, 0.15) is 24.5 Å². The molecule has 0 spiro atoms. The number of aliphatic hydroxyl groups is 1. The van der Waals surface area contributed by atoms with Gasteiger partial charge in [0.15, 0.2) is 0 Å². The number of carboxylic acids is 1. The summed E-state index contributed by atoms with van der Waals surface area (Å²) in [5, 5.41) is 20.2. The van der Waals surface area contributed by atoms with Crippen molar-refractivity contribution >= 4 is 29.2 Å². The van der Waals surface area contributed by atoms with E-state index in [4.69, 9.17) is 38.8 Å². The molecule has 140 valence electrons. The molecule has 0 aliphatic heterocycles. The van der Waals surface area contributed by atoms with Crippen LogP contribution in [0.4, 0.5) is 0 Å². The fourth-order valence-corrected chi connectivity index (χ4v) is 3.09. The number of hydrogen-bond acceptors (Lipinski definition) is 4. The monoisotopic (exact) mass is 397 g/mol. The van der Waals surface area contributed by atoms with Crippen molar-refractivity contribution in [3.05, 3.63) is 63.6 Å². The van der Waals surface area contributed by atoms with Crippen molar-refractivity contribution in [2.45, 2.75) is 25.5 Å². The van der Waals surface area contributed by atoms with E-state index in [1.165, 1.54) is 0 Å². The predicted octanol–water partition coefficient (Wildman–Crippen LogP) is 3.83. The highest BCUT2D eigenvalue weighted by Gasteiger charge is 2.27. The number of benzene rings is 2. The average Bonchev–Trinajstić information content (AvgIpc) is 2.53. The molecule has 2 atom stereocenters. The van der Waals surface area contributed by atoms with Crippen molar-refractivity contribution in [1.29, 1.82) is 0 Å². The third-order valence-electron chi connectivity index (χ3n) is 3.86. The van der Waals surface area contributed by atoms with E-state index in [2.05, 4.69) is 0 Å². The van der Waals surface area contributed by atoms with Crippen LogP contribution in [0.5, 0.6) is 5.75 Å². The number of hydrogen-bond donors (Lipinski definition) is 3. The molecule has 7 heteroatoms. The van der Waals surface area contributed by atoms with Crippen molar-refractivity contribution in [3.8, 4) is 5.75 Å². The largest absolute Gasteiger partial charge is 0.492 e. The zero-order chi connectivity index (χ0) is 19.3. The van der Waals surface area contributed by atoms with Gasteiger partial charge in [0.1, 0.15) is 11.5 Å². The molecule has 2 unspecified atom stereocenters. The van der Waals surface area contributed by atoms with Crippen molar-refractivity contribution < 1.29 is 19.7 Å². The molecule has 26 heavy (non-hydrogen) atoms. The molecule has 0 aliphatic carbocycles. The molecule has 0 saturated carbocycles. The normalized spacial score (nSPS) is 14.5. The van der Waals surface area contributed by atoms with Gasteiger partial charge in [-0.25, -0.2) is 0 Å². The molecule has 2 aromatic rings. The lowest BCUT2D eigenvalue weighted by molar-refractivity contribution is -0.136. The highest BCUT2D eigenvalue weighted by atomic mass is 35.5. The fraction of sp³-hybridized carbons (Fsp3) is 0.316. The molecule has 0 fully saturated rings. The summed E-state index contributed by atoms with van der Waals surface area (Å²) >= 11 is 12.1. The first-order chi connectivity index (χ1) is 12.2. The van der Waals surface area contributed by atoms with Gasteiger partial charge in [-0.15, -0.1) is 0 Å². The van der Waals surface area contributed by atoms with Crippen LogP contribution in [0.3, 0.4) is 0 Å². The number of carboxylic acid groups (broad SMARTS) is 1. The van der Waals surface area contributed by atoms with Gasteiger partial charge in [0.05, 0.1) is 18.1 Å². The number of ether oxygens (including phenoxy) is 1. The number of rotatable bonds is 8. The summed E-state index contributed by atoms with van der Waals surface area (Å²) in [5.41, 5.74) is 5.64. The molecule has 0 aliphatic rings. The number of halogens is 2. The quantitative estimate of drug-likeness (QED) is 0.588. The van der Waals surface area contributed by atoms with Crippen molar-refractivity contribution in [3.63, 3.8) is 0 Å². The minimum Gasteiger partial charge on any atom is -0.492 e. The molecule has 2 aromatic carbocycles. The lowest BCUT2D eigenvalue weighted by Gasteiger charge is -2.27. The molecule has 0 saturated heterocycles. The summed E-state index contributed by atoms with van der Waals surface area (Å²) in [7, 11) is 0. The van der Waals surface area contributed by atoms with E-state index < -0.39 is 11.7 Å². The molecule has 0 heterocycles. The van der Waals surface area contributed by atoms with Crippen molar-refractivity contribution in [2.75, 3.05) is 6.61 Å². The van der Waals surface area contributed by atoms with Crippen LogP contribution in [0, 0.1) is 5.92 Å². The van der Waals surface area contributed by atoms with Gasteiger partial charge in [0.25, 0.3) is 0 Å². The second-order valence-electron chi connectivity index (χ2n) is 6.39. The average molecular weight is 398 g/mol. The minimum atomic E-state index is -1.52. The van der Waals surface area contributed by atoms with E-state index in [0.717, 1.165) is 0 Å². The van der Waals surface area contributed by atoms with Gasteiger partial charge in [-0.1, -0.05) is 48.3 Å². The zero-order valence-electron chi connectivity index (χ0n) is 14.3. The first kappa shape index (κ1) is 20.5. The molecular formula is C19H21Cl2NO4. The second-order valence-corrected chi connectivity index (χ2v) is 7.23. The maximum atomic E-state index is 10.7. The lowest BCUT2D eigenvalue weighted by Crippen LogP contribution is -2.39. The van der Waals surface area contributed by atoms with E-state index in [1.807, 2.05) is 6.92 Å². The van der Waals surface area contributed by atoms with Crippen LogP contribution in [0.15, 0.2) is 42.5 Å². The van der Waals surface area contributed by atoms with E-state index >= 15 is 0 Å². The number of carbonyl (C=O) groups is 1. The molecule has 4 N–H and O–H groups in total. The lowest BCUT2D eigenvalue weighted by atomic mass is 9.93. The van der Waals surface area contributed by atoms with Gasteiger partial charge in [-0.2, -0.15) is 0 Å². The Morgan fingerprint density at radius 1 is 1.27 bits per heavy atom. The van der Waals surface area contributed by atoms with Crippen LogP contribution in [-0.4, -0.2) is 22.8 Å². The number of nitrogens with two attached hydrogens (primary N) is 1. The Kier molecular flexibility index (Phi) is 6.89. The smallest absolute Gasteiger partial charge is 0.307 e. The summed E-state index contributed by atoms with van der Waals surface area (Å²) in [6, 6.07) is 11.7. The molecular weight excluding hydrogens is 377 g/mol. The van der Waals surface area contributed by atoms with Crippen LogP contribution in [0.25, 0.3) is 0 Å². The molecule has 2 rings (SSSR count). The van der Waals surface area contributed by atoms with E-state index in [0.29, 0.717) is 26.9 Å². The Morgan fingerprint density at radius 3 is 2.62 bits per heavy atom. The summed E-state index contributed by atoms with van der Waals surface area (Å²) in [6.07, 6.45) is 0.165. The van der Waals surface area contributed by atoms with Gasteiger partial charge in [-0.3, -0.25) is 10.5 Å². The Morgan fingerprint density at radius 2 is 2.00 bits per heavy atom. The van der Waals surface area contributed by atoms with Gasteiger partial charge in [0, 0.05) is 5.02 Å². The topological polar surface area (TPSA) is 92.8 Å². The van der Waals surface area contributed by atoms with Gasteiger partial charge in [0.2, 0.25) is 0 Å². The van der Waals surface area contributed by atoms with Crippen LogP contribution < -0.4 is 10.5 Å². The zero-order valence-corrected chi connectivity index (χ0v) is 15.8. The minimum absolute atomic E-state index is 0.0706. The van der Waals surface area contributed by atoms with E-state index in [1.54, 1.807) is 42.5 Å².